The van der Waals surface area contributed by atoms with Crippen LogP contribution in [-0.4, -0.2) is 26.0 Å². The average molecular weight is 298 g/mol. The molecule has 0 N–H and O–H groups in total. The van der Waals surface area contributed by atoms with E-state index in [4.69, 9.17) is 19.2 Å². The molecule has 1 aliphatic heterocycles. The number of esters is 1. The van der Waals surface area contributed by atoms with Crippen molar-refractivity contribution in [1.82, 2.24) is 0 Å². The molecule has 1 aromatic rings. The van der Waals surface area contributed by atoms with Crippen LogP contribution in [0, 0.1) is 0 Å². The van der Waals surface area contributed by atoms with Gasteiger partial charge in [0.05, 0.1) is 20.8 Å². The standard InChI is InChI=1S/C12H14BrNO2/c1-16-12(15)10-8-9(4-5-11(10)13)14-6-2-3-7-14/h4-5,8H,2-3,6-7H2,1H3/i1D3,2D2,3D2,4D,5D,6D2,7D2,8D. The van der Waals surface area contributed by atoms with Gasteiger partial charge in [-0.2, -0.15) is 0 Å². The summed E-state index contributed by atoms with van der Waals surface area (Å²) in [5.41, 5.74) is -2.05. The van der Waals surface area contributed by atoms with Crippen LogP contribution in [0.25, 0.3) is 0 Å². The molecule has 0 unspecified atom stereocenters. The number of anilines is 1. The molecule has 1 aromatic carbocycles. The lowest BCUT2D eigenvalue weighted by Crippen LogP contribution is -2.18. The molecule has 0 spiro atoms. The highest BCUT2D eigenvalue weighted by molar-refractivity contribution is 9.10. The van der Waals surface area contributed by atoms with Crippen molar-refractivity contribution in [2.45, 2.75) is 12.7 Å². The molecular weight excluding hydrogens is 270 g/mol. The van der Waals surface area contributed by atoms with Crippen LogP contribution in [0.1, 0.15) is 42.3 Å². The molecule has 86 valence electrons. The van der Waals surface area contributed by atoms with Crippen LogP contribution in [0.5, 0.6) is 0 Å². The van der Waals surface area contributed by atoms with E-state index in [1.807, 2.05) is 0 Å². The maximum atomic E-state index is 12.3. The molecule has 1 heterocycles. The normalized spacial score (nSPS) is 41.4. The molecule has 0 radical (unpaired) electrons. The molecule has 2 rings (SSSR count). The molecule has 0 saturated carbocycles. The van der Waals surface area contributed by atoms with Gasteiger partial charge in [-0.3, -0.25) is 0 Å². The van der Waals surface area contributed by atoms with Crippen molar-refractivity contribution in [3.05, 3.63) is 28.2 Å². The molecule has 0 atom stereocenters. The van der Waals surface area contributed by atoms with E-state index in [-0.39, 0.29) is 4.90 Å². The van der Waals surface area contributed by atoms with Crippen LogP contribution < -0.4 is 4.90 Å². The molecule has 1 fully saturated rings. The van der Waals surface area contributed by atoms with E-state index in [1.54, 1.807) is 0 Å². The number of carbonyl (C=O) groups is 1. The van der Waals surface area contributed by atoms with Crippen LogP contribution in [0.4, 0.5) is 5.69 Å². The van der Waals surface area contributed by atoms with Crippen LogP contribution in [0.15, 0.2) is 22.6 Å². The topological polar surface area (TPSA) is 29.5 Å². The Morgan fingerprint density at radius 3 is 3.06 bits per heavy atom. The lowest BCUT2D eigenvalue weighted by molar-refractivity contribution is 0.0599. The van der Waals surface area contributed by atoms with Crippen molar-refractivity contribution < 1.29 is 28.7 Å². The van der Waals surface area contributed by atoms with Crippen molar-refractivity contribution in [2.75, 3.05) is 24.9 Å². The van der Waals surface area contributed by atoms with E-state index >= 15 is 0 Å². The molecular formula is C12H14BrNO2. The predicted octanol–water partition coefficient (Wildman–Crippen LogP) is 2.84. The summed E-state index contributed by atoms with van der Waals surface area (Å²) >= 11 is 2.77. The van der Waals surface area contributed by atoms with E-state index in [1.165, 1.54) is 0 Å². The second-order valence-electron chi connectivity index (χ2n) is 2.61. The third-order valence-electron chi connectivity index (χ3n) is 1.67. The molecule has 0 amide bonds. The Kier molecular flexibility index (Phi) is 0.990. The van der Waals surface area contributed by atoms with Crippen molar-refractivity contribution in [3.63, 3.8) is 0 Å². The van der Waals surface area contributed by atoms with Gasteiger partial charge in [-0.1, -0.05) is 0 Å². The minimum Gasteiger partial charge on any atom is -0.465 e. The number of hydrogen-bond donors (Lipinski definition) is 0. The van der Waals surface area contributed by atoms with Crippen LogP contribution >= 0.6 is 15.9 Å². The van der Waals surface area contributed by atoms with Crippen LogP contribution in [0.2, 0.25) is 0 Å². The lowest BCUT2D eigenvalue weighted by atomic mass is 10.2. The Bertz CT molecular complexity index is 885. The Labute approximate surface area is 123 Å². The van der Waals surface area contributed by atoms with Gasteiger partial charge in [0.1, 0.15) is 0 Å². The Hall–Kier alpha value is -1.03. The number of hydrogen-bond acceptors (Lipinski definition) is 3. The van der Waals surface area contributed by atoms with Crippen LogP contribution in [0.3, 0.4) is 0 Å². The Balaban J connectivity index is 2.91. The summed E-state index contributed by atoms with van der Waals surface area (Å²) in [6, 6.07) is -3.03. The summed E-state index contributed by atoms with van der Waals surface area (Å²) in [6.45, 7) is -6.95. The Morgan fingerprint density at radius 2 is 2.38 bits per heavy atom. The number of nitrogens with zero attached hydrogens (tertiary/aromatic N) is 1. The van der Waals surface area contributed by atoms with Crippen LogP contribution in [-0.2, 0) is 4.74 Å². The molecule has 16 heavy (non-hydrogen) atoms. The first-order valence-electron chi connectivity index (χ1n) is 11.0. The molecule has 3 nitrogen and oxygen atoms in total. The Morgan fingerprint density at radius 1 is 1.62 bits per heavy atom. The SMILES string of the molecule is [2H]c1c([2H])c(N2C([2H])([2H])C([2H])([2H])C([2H])([2H])C2([2H])[2H])c([2H])c(C(=O)OC([2H])([2H])[2H])c1Br. The summed E-state index contributed by atoms with van der Waals surface area (Å²) in [5.74, 6) is -1.66. The average Bonchev–Trinajstić information content (AvgIpc) is 2.60. The van der Waals surface area contributed by atoms with E-state index in [0.717, 1.165) is 0 Å². The van der Waals surface area contributed by atoms with Gasteiger partial charge in [0, 0.05) is 34.1 Å². The van der Waals surface area contributed by atoms with E-state index in [9.17, 15) is 4.79 Å². The van der Waals surface area contributed by atoms with E-state index in [2.05, 4.69) is 20.7 Å². The minimum atomic E-state index is -3.49. The minimum absolute atomic E-state index is 0.138. The van der Waals surface area contributed by atoms with Gasteiger partial charge in [0.25, 0.3) is 0 Å². The summed E-state index contributed by atoms with van der Waals surface area (Å²) in [5, 5.41) is 0. The summed E-state index contributed by atoms with van der Waals surface area (Å²) in [7, 11) is -3.25. The predicted molar refractivity (Wildman–Crippen MR) is 66.9 cm³/mol. The molecule has 0 aromatic heterocycles. The first-order valence-corrected chi connectivity index (χ1v) is 4.77. The maximum absolute atomic E-state index is 12.3. The number of benzene rings is 1. The van der Waals surface area contributed by atoms with Gasteiger partial charge in [-0.25, -0.2) is 4.79 Å². The van der Waals surface area contributed by atoms with Gasteiger partial charge in [-0.05, 0) is 46.8 Å². The quantitative estimate of drug-likeness (QED) is 0.786. The fourth-order valence-electron chi connectivity index (χ4n) is 0.992. The molecule has 1 saturated heterocycles. The van der Waals surface area contributed by atoms with E-state index < -0.39 is 72.6 Å². The third kappa shape index (κ3) is 2.21. The van der Waals surface area contributed by atoms with Crippen molar-refractivity contribution >= 4 is 27.6 Å². The molecule has 0 bridgehead atoms. The van der Waals surface area contributed by atoms with Crippen molar-refractivity contribution in [3.8, 4) is 0 Å². The molecule has 0 aliphatic carbocycles. The highest BCUT2D eigenvalue weighted by Crippen LogP contribution is 2.26. The molecule has 1 aliphatic rings. The monoisotopic (exact) mass is 297 g/mol. The molecule has 4 heteroatoms. The highest BCUT2D eigenvalue weighted by Gasteiger charge is 2.16. The summed E-state index contributed by atoms with van der Waals surface area (Å²) in [6.07, 6.45) is -6.98. The zero-order valence-corrected chi connectivity index (χ0v) is 9.23. The highest BCUT2D eigenvalue weighted by atomic mass is 79.9. The zero-order valence-electron chi connectivity index (χ0n) is 21.6. The van der Waals surface area contributed by atoms with Gasteiger partial charge in [0.2, 0.25) is 0 Å². The first kappa shape index (κ1) is 3.25. The van der Waals surface area contributed by atoms with Crippen molar-refractivity contribution in [2.24, 2.45) is 0 Å². The number of methoxy groups -OCH3 is 1. The van der Waals surface area contributed by atoms with E-state index in [0.29, 0.717) is 0 Å². The number of rotatable bonds is 2. The third-order valence-corrected chi connectivity index (χ3v) is 2.27. The first-order chi connectivity index (χ1) is 13.1. The maximum Gasteiger partial charge on any atom is 0.339 e. The van der Waals surface area contributed by atoms with Gasteiger partial charge in [-0.15, -0.1) is 0 Å². The van der Waals surface area contributed by atoms with Crippen molar-refractivity contribution in [1.29, 1.82) is 0 Å². The zero-order chi connectivity index (χ0) is 23.8. The van der Waals surface area contributed by atoms with Gasteiger partial charge >= 0.3 is 5.97 Å². The summed E-state index contributed by atoms with van der Waals surface area (Å²) in [4.78, 5) is 12.1. The summed E-state index contributed by atoms with van der Waals surface area (Å²) < 4.78 is 112. The number of ether oxygens (including phenoxy) is 1. The van der Waals surface area contributed by atoms with Gasteiger partial charge < -0.3 is 9.64 Å². The number of halogens is 1. The fraction of sp³-hybridized carbons (Fsp3) is 0.417. The lowest BCUT2D eigenvalue weighted by Gasteiger charge is -2.18. The second kappa shape index (κ2) is 4.87. The fourth-order valence-corrected chi connectivity index (χ4v) is 1.35. The smallest absolute Gasteiger partial charge is 0.339 e. The number of carbonyl (C=O) groups excluding carboxylic acids is 1. The second-order valence-corrected chi connectivity index (χ2v) is 3.40. The largest absolute Gasteiger partial charge is 0.465 e. The van der Waals surface area contributed by atoms with Gasteiger partial charge in [0.15, 0.2) is 0 Å².